The van der Waals surface area contributed by atoms with E-state index in [1.807, 2.05) is 24.3 Å². The van der Waals surface area contributed by atoms with Crippen molar-refractivity contribution in [2.45, 2.75) is 31.1 Å². The zero-order chi connectivity index (χ0) is 23.3. The lowest BCUT2D eigenvalue weighted by Gasteiger charge is -2.11. The van der Waals surface area contributed by atoms with E-state index in [9.17, 15) is 17.6 Å². The van der Waals surface area contributed by atoms with Gasteiger partial charge in [0, 0.05) is 17.3 Å². The number of sulfonamides is 1. The van der Waals surface area contributed by atoms with Gasteiger partial charge in [0.15, 0.2) is 0 Å². The van der Waals surface area contributed by atoms with E-state index < -0.39 is 21.7 Å². The highest BCUT2D eigenvalue weighted by Gasteiger charge is 2.19. The molecule has 0 unspecified atom stereocenters. The molecule has 3 aromatic rings. The fraction of sp³-hybridized carbons (Fsp3) is 0.208. The minimum absolute atomic E-state index is 0.144. The number of rotatable bonds is 8. The molecule has 1 amide bonds. The first-order chi connectivity index (χ1) is 15.2. The Hall–Kier alpha value is -2.74. The molecule has 0 saturated carbocycles. The first-order valence-corrected chi connectivity index (χ1v) is 12.0. The van der Waals surface area contributed by atoms with Crippen molar-refractivity contribution < 1.29 is 17.6 Å². The maximum absolute atomic E-state index is 14.3. The van der Waals surface area contributed by atoms with E-state index in [2.05, 4.69) is 23.9 Å². The maximum Gasteiger partial charge on any atom is 0.258 e. The number of carbonyl (C=O) groups is 1. The predicted octanol–water partition coefficient (Wildman–Crippen LogP) is 5.38. The third-order valence-corrected chi connectivity index (χ3v) is 6.66. The Morgan fingerprint density at radius 3 is 2.28 bits per heavy atom. The maximum atomic E-state index is 14.3. The SMILES string of the molecule is CC(C)c1ccc(NC(=O)c2cc(S(=O)(=O)NCCc3ccc(Cl)cc3)ccc2F)cc1. The number of hydrogen-bond acceptors (Lipinski definition) is 3. The van der Waals surface area contributed by atoms with E-state index in [1.165, 1.54) is 0 Å². The summed E-state index contributed by atoms with van der Waals surface area (Å²) in [4.78, 5) is 12.4. The van der Waals surface area contributed by atoms with Crippen LogP contribution in [0.3, 0.4) is 0 Å². The molecule has 32 heavy (non-hydrogen) atoms. The second kappa shape index (κ2) is 10.3. The molecule has 168 valence electrons. The number of benzene rings is 3. The first-order valence-electron chi connectivity index (χ1n) is 10.1. The summed E-state index contributed by atoms with van der Waals surface area (Å²) in [6, 6.07) is 17.4. The molecule has 0 spiro atoms. The molecule has 0 aliphatic rings. The van der Waals surface area contributed by atoms with E-state index in [0.29, 0.717) is 23.0 Å². The molecule has 0 aliphatic carbocycles. The van der Waals surface area contributed by atoms with Gasteiger partial charge in [0.2, 0.25) is 10.0 Å². The lowest BCUT2D eigenvalue weighted by Crippen LogP contribution is -2.26. The fourth-order valence-electron chi connectivity index (χ4n) is 3.06. The van der Waals surface area contributed by atoms with Crippen molar-refractivity contribution in [1.29, 1.82) is 0 Å². The lowest BCUT2D eigenvalue weighted by molar-refractivity contribution is 0.102. The van der Waals surface area contributed by atoms with Crippen molar-refractivity contribution in [2.75, 3.05) is 11.9 Å². The Bertz CT molecular complexity index is 1190. The Labute approximate surface area is 192 Å². The van der Waals surface area contributed by atoms with Gasteiger partial charge < -0.3 is 5.32 Å². The van der Waals surface area contributed by atoms with Crippen molar-refractivity contribution in [1.82, 2.24) is 4.72 Å². The minimum Gasteiger partial charge on any atom is -0.322 e. The van der Waals surface area contributed by atoms with Crippen LogP contribution in [0.1, 0.15) is 41.3 Å². The molecule has 3 aromatic carbocycles. The number of nitrogens with one attached hydrogen (secondary N) is 2. The lowest BCUT2D eigenvalue weighted by atomic mass is 10.0. The van der Waals surface area contributed by atoms with Crippen molar-refractivity contribution in [3.8, 4) is 0 Å². The van der Waals surface area contributed by atoms with Gasteiger partial charge in [-0.1, -0.05) is 49.7 Å². The normalized spacial score (nSPS) is 11.5. The molecular weight excluding hydrogens is 451 g/mol. The molecule has 3 rings (SSSR count). The quantitative estimate of drug-likeness (QED) is 0.460. The van der Waals surface area contributed by atoms with Crippen molar-refractivity contribution in [2.24, 2.45) is 0 Å². The standard InChI is InChI=1S/C24H24ClFN2O3S/c1-16(2)18-5-9-20(10-6-18)28-24(29)22-15-21(11-12-23(22)26)32(30,31)27-14-13-17-3-7-19(25)8-4-17/h3-12,15-16,27H,13-14H2,1-2H3,(H,28,29). The van der Waals surface area contributed by atoms with Gasteiger partial charge in [0.05, 0.1) is 10.5 Å². The highest BCUT2D eigenvalue weighted by atomic mass is 35.5. The summed E-state index contributed by atoms with van der Waals surface area (Å²) in [5, 5.41) is 3.21. The molecule has 0 aliphatic heterocycles. The number of halogens is 2. The Balaban J connectivity index is 1.70. The molecule has 2 N–H and O–H groups in total. The molecule has 0 fully saturated rings. The summed E-state index contributed by atoms with van der Waals surface area (Å²) in [5.41, 5.74) is 2.17. The summed E-state index contributed by atoms with van der Waals surface area (Å²) in [7, 11) is -3.92. The molecule has 0 saturated heterocycles. The summed E-state index contributed by atoms with van der Waals surface area (Å²) >= 11 is 5.85. The summed E-state index contributed by atoms with van der Waals surface area (Å²) in [5.74, 6) is -1.19. The molecule has 8 heteroatoms. The van der Waals surface area contributed by atoms with Crippen molar-refractivity contribution >= 4 is 33.2 Å². The Morgan fingerprint density at radius 2 is 1.66 bits per heavy atom. The Kier molecular flexibility index (Phi) is 7.66. The molecule has 0 aromatic heterocycles. The number of carbonyl (C=O) groups excluding carboxylic acids is 1. The van der Waals surface area contributed by atoms with Crippen LogP contribution in [-0.4, -0.2) is 20.9 Å². The van der Waals surface area contributed by atoms with Crippen LogP contribution in [0, 0.1) is 5.82 Å². The van der Waals surface area contributed by atoms with Crippen LogP contribution in [0.2, 0.25) is 5.02 Å². The topological polar surface area (TPSA) is 75.3 Å². The molecule has 0 radical (unpaired) electrons. The first kappa shape index (κ1) is 23.9. The molecular formula is C24H24ClFN2O3S. The zero-order valence-electron chi connectivity index (χ0n) is 17.7. The Morgan fingerprint density at radius 1 is 1.00 bits per heavy atom. The highest BCUT2D eigenvalue weighted by Crippen LogP contribution is 2.20. The van der Waals surface area contributed by atoms with Crippen molar-refractivity contribution in [3.63, 3.8) is 0 Å². The van der Waals surface area contributed by atoms with Gasteiger partial charge in [-0.25, -0.2) is 17.5 Å². The average Bonchev–Trinajstić information content (AvgIpc) is 2.75. The van der Waals surface area contributed by atoms with Crippen LogP contribution in [-0.2, 0) is 16.4 Å². The largest absolute Gasteiger partial charge is 0.322 e. The summed E-state index contributed by atoms with van der Waals surface area (Å²) in [6.07, 6.45) is 0.456. The van der Waals surface area contributed by atoms with Gasteiger partial charge >= 0.3 is 0 Å². The van der Waals surface area contributed by atoms with Gasteiger partial charge in [-0.15, -0.1) is 0 Å². The molecule has 0 bridgehead atoms. The minimum atomic E-state index is -3.92. The smallest absolute Gasteiger partial charge is 0.258 e. The van der Waals surface area contributed by atoms with Crippen LogP contribution in [0.15, 0.2) is 71.6 Å². The van der Waals surface area contributed by atoms with E-state index in [1.54, 1.807) is 24.3 Å². The third kappa shape index (κ3) is 6.16. The zero-order valence-corrected chi connectivity index (χ0v) is 19.3. The molecule has 0 atom stereocenters. The van der Waals surface area contributed by atoms with Crippen LogP contribution in [0.25, 0.3) is 0 Å². The predicted molar refractivity (Wildman–Crippen MR) is 125 cm³/mol. The van der Waals surface area contributed by atoms with Gasteiger partial charge in [-0.2, -0.15) is 0 Å². The summed E-state index contributed by atoms with van der Waals surface area (Å²) in [6.45, 7) is 4.25. The van der Waals surface area contributed by atoms with Crippen LogP contribution < -0.4 is 10.0 Å². The van der Waals surface area contributed by atoms with Crippen LogP contribution in [0.4, 0.5) is 10.1 Å². The van der Waals surface area contributed by atoms with Crippen LogP contribution >= 0.6 is 11.6 Å². The number of anilines is 1. The second-order valence-corrected chi connectivity index (χ2v) is 9.85. The third-order valence-electron chi connectivity index (χ3n) is 4.95. The second-order valence-electron chi connectivity index (χ2n) is 7.65. The number of amides is 1. The number of hydrogen-bond donors (Lipinski definition) is 2. The average molecular weight is 475 g/mol. The van der Waals surface area contributed by atoms with Gasteiger partial charge in [-0.3, -0.25) is 4.79 Å². The fourth-order valence-corrected chi connectivity index (χ4v) is 4.24. The van der Waals surface area contributed by atoms with E-state index >= 15 is 0 Å². The van der Waals surface area contributed by atoms with E-state index in [0.717, 1.165) is 29.3 Å². The van der Waals surface area contributed by atoms with Gasteiger partial charge in [0.25, 0.3) is 5.91 Å². The van der Waals surface area contributed by atoms with E-state index in [4.69, 9.17) is 11.6 Å². The van der Waals surface area contributed by atoms with Crippen molar-refractivity contribution in [3.05, 3.63) is 94.3 Å². The molecule has 0 heterocycles. The van der Waals surface area contributed by atoms with Crippen LogP contribution in [0.5, 0.6) is 0 Å². The molecule has 5 nitrogen and oxygen atoms in total. The highest BCUT2D eigenvalue weighted by molar-refractivity contribution is 7.89. The monoisotopic (exact) mass is 474 g/mol. The van der Waals surface area contributed by atoms with E-state index in [-0.39, 0.29) is 17.0 Å². The van der Waals surface area contributed by atoms with Gasteiger partial charge in [-0.05, 0) is 65.9 Å². The van der Waals surface area contributed by atoms with Gasteiger partial charge in [0.1, 0.15) is 5.82 Å². The summed E-state index contributed by atoms with van der Waals surface area (Å²) < 4.78 is 42.0.